The first-order valence-corrected chi connectivity index (χ1v) is 14.1. The van der Waals surface area contributed by atoms with Gasteiger partial charge in [-0.05, 0) is 68.3 Å². The van der Waals surface area contributed by atoms with Gasteiger partial charge in [0.25, 0.3) is 0 Å². The molecule has 1 unspecified atom stereocenters. The van der Waals surface area contributed by atoms with E-state index in [9.17, 15) is 9.59 Å². The van der Waals surface area contributed by atoms with E-state index in [2.05, 4.69) is 43.0 Å². The average Bonchev–Trinajstić information content (AvgIpc) is 3.74. The summed E-state index contributed by atoms with van der Waals surface area (Å²) < 4.78 is 5.39. The molecule has 3 N–H and O–H groups in total. The number of benzene rings is 2. The summed E-state index contributed by atoms with van der Waals surface area (Å²) in [5.41, 5.74) is 4.53. The van der Waals surface area contributed by atoms with Crippen molar-refractivity contribution in [2.24, 2.45) is 5.92 Å². The quantitative estimate of drug-likeness (QED) is 0.418. The molecule has 208 valence electrons. The molecule has 0 radical (unpaired) electrons. The van der Waals surface area contributed by atoms with Gasteiger partial charge in [0, 0.05) is 61.6 Å². The number of ether oxygens (including phenoxy) is 1. The van der Waals surface area contributed by atoms with Crippen LogP contribution in [-0.2, 0) is 14.3 Å². The predicted octanol–water partition coefficient (Wildman–Crippen LogP) is 3.26. The fourth-order valence-corrected chi connectivity index (χ4v) is 5.50. The molecule has 0 bridgehead atoms. The molecule has 2 aromatic carbocycles. The second-order valence-electron chi connectivity index (χ2n) is 10.5. The number of hydrogen-bond acceptors (Lipinski definition) is 8. The van der Waals surface area contributed by atoms with Crippen LogP contribution in [0.4, 0.5) is 23.0 Å². The van der Waals surface area contributed by atoms with Gasteiger partial charge >= 0.3 is 0 Å². The maximum Gasteiger partial charge on any atom is 0.241 e. The summed E-state index contributed by atoms with van der Waals surface area (Å²) in [6.07, 6.45) is 4.48. The molecule has 2 amide bonds. The molecule has 3 aromatic rings. The first-order chi connectivity index (χ1) is 19.6. The minimum atomic E-state index is -0.109. The topological polar surface area (TPSA) is 112 Å². The van der Waals surface area contributed by atoms with Gasteiger partial charge in [0.15, 0.2) is 0 Å². The third-order valence-electron chi connectivity index (χ3n) is 7.84. The highest BCUT2D eigenvalue weighted by Crippen LogP contribution is 2.25. The molecule has 3 aliphatic heterocycles. The Morgan fingerprint density at radius 2 is 1.70 bits per heavy atom. The van der Waals surface area contributed by atoms with Crippen molar-refractivity contribution in [3.05, 3.63) is 60.8 Å². The minimum absolute atomic E-state index is 0.0111. The van der Waals surface area contributed by atoms with Gasteiger partial charge in [-0.15, -0.1) is 0 Å². The van der Waals surface area contributed by atoms with Gasteiger partial charge < -0.3 is 30.5 Å². The molecule has 10 heteroatoms. The van der Waals surface area contributed by atoms with Crippen LogP contribution in [0.2, 0.25) is 0 Å². The van der Waals surface area contributed by atoms with E-state index in [1.54, 1.807) is 6.20 Å². The lowest BCUT2D eigenvalue weighted by Crippen LogP contribution is -2.50. The fourth-order valence-electron chi connectivity index (χ4n) is 5.50. The standard InChI is InChI=1S/C30H35N7O3/c38-28(27-2-1-13-31-27)33-23-5-3-21(4-6-23)26-11-14-32-30(35-26)34-24-7-9-25(10-8-24)36-15-17-37(18-16-36)29(39)22-12-19-40-20-22/h3-11,14,22,27,31H,1-2,12-13,15-20H2,(H,33,38)(H,32,34,35)/t22?,27-/m1/s1. The monoisotopic (exact) mass is 541 g/mol. The number of nitrogens with one attached hydrogen (secondary N) is 3. The van der Waals surface area contributed by atoms with Crippen LogP contribution < -0.4 is 20.9 Å². The molecular formula is C30H35N7O3. The largest absolute Gasteiger partial charge is 0.381 e. The molecule has 2 atom stereocenters. The predicted molar refractivity (Wildman–Crippen MR) is 155 cm³/mol. The van der Waals surface area contributed by atoms with E-state index in [1.165, 1.54) is 0 Å². The van der Waals surface area contributed by atoms with Crippen LogP contribution in [0.1, 0.15) is 19.3 Å². The summed E-state index contributed by atoms with van der Waals surface area (Å²) in [5.74, 6) is 0.789. The molecule has 3 fully saturated rings. The summed E-state index contributed by atoms with van der Waals surface area (Å²) in [6.45, 7) is 5.25. The number of piperazine rings is 1. The van der Waals surface area contributed by atoms with Gasteiger partial charge in [-0.3, -0.25) is 9.59 Å². The zero-order valence-electron chi connectivity index (χ0n) is 22.5. The van der Waals surface area contributed by atoms with E-state index in [4.69, 9.17) is 4.74 Å². The van der Waals surface area contributed by atoms with Gasteiger partial charge in [0.2, 0.25) is 17.8 Å². The molecule has 0 saturated carbocycles. The summed E-state index contributed by atoms with van der Waals surface area (Å²) in [5, 5.41) is 9.50. The summed E-state index contributed by atoms with van der Waals surface area (Å²) in [7, 11) is 0. The summed E-state index contributed by atoms with van der Waals surface area (Å²) >= 11 is 0. The summed E-state index contributed by atoms with van der Waals surface area (Å²) in [4.78, 5) is 38.4. The number of rotatable bonds is 7. The van der Waals surface area contributed by atoms with E-state index >= 15 is 0 Å². The lowest BCUT2D eigenvalue weighted by Gasteiger charge is -2.37. The van der Waals surface area contributed by atoms with Crippen molar-refractivity contribution in [3.8, 4) is 11.3 Å². The molecule has 0 spiro atoms. The Morgan fingerprint density at radius 1 is 0.925 bits per heavy atom. The SMILES string of the molecule is O=C(Nc1ccc(-c2ccnc(Nc3ccc(N4CCN(C(=O)C5CCOC5)CC4)cc3)n2)cc1)[C@H]1CCCN1. The number of carbonyl (C=O) groups is 2. The molecule has 3 saturated heterocycles. The maximum atomic E-state index is 12.7. The highest BCUT2D eigenvalue weighted by Gasteiger charge is 2.30. The minimum Gasteiger partial charge on any atom is -0.381 e. The average molecular weight is 542 g/mol. The van der Waals surface area contributed by atoms with E-state index < -0.39 is 0 Å². The first-order valence-electron chi connectivity index (χ1n) is 14.1. The zero-order chi connectivity index (χ0) is 27.3. The number of hydrogen-bond donors (Lipinski definition) is 3. The van der Waals surface area contributed by atoms with Gasteiger partial charge in [0.1, 0.15) is 0 Å². The molecule has 10 nitrogen and oxygen atoms in total. The van der Waals surface area contributed by atoms with Crippen molar-refractivity contribution < 1.29 is 14.3 Å². The van der Waals surface area contributed by atoms with Crippen molar-refractivity contribution in [1.29, 1.82) is 0 Å². The fraction of sp³-hybridized carbons (Fsp3) is 0.400. The van der Waals surface area contributed by atoms with E-state index in [0.717, 1.165) is 80.3 Å². The van der Waals surface area contributed by atoms with Crippen LogP contribution in [0.15, 0.2) is 60.8 Å². The maximum absolute atomic E-state index is 12.7. The summed E-state index contributed by atoms with van der Waals surface area (Å²) in [6, 6.07) is 17.7. The second kappa shape index (κ2) is 12.0. The van der Waals surface area contributed by atoms with Crippen LogP contribution in [0.25, 0.3) is 11.3 Å². The number of nitrogens with zero attached hydrogens (tertiary/aromatic N) is 4. The van der Waals surface area contributed by atoms with Gasteiger partial charge in [-0.25, -0.2) is 9.97 Å². The molecule has 1 aromatic heterocycles. The first kappa shape index (κ1) is 26.2. The second-order valence-corrected chi connectivity index (χ2v) is 10.5. The molecule has 3 aliphatic rings. The number of carbonyl (C=O) groups excluding carboxylic acids is 2. The normalized spacial score (nSPS) is 20.9. The Morgan fingerprint density at radius 3 is 2.40 bits per heavy atom. The Kier molecular flexibility index (Phi) is 7.87. The van der Waals surface area contributed by atoms with Crippen molar-refractivity contribution in [1.82, 2.24) is 20.2 Å². The number of aromatic nitrogens is 2. The Labute approximate surface area is 234 Å². The van der Waals surface area contributed by atoms with Gasteiger partial charge in [-0.1, -0.05) is 12.1 Å². The zero-order valence-corrected chi connectivity index (χ0v) is 22.5. The highest BCUT2D eigenvalue weighted by atomic mass is 16.5. The highest BCUT2D eigenvalue weighted by molar-refractivity contribution is 5.95. The van der Waals surface area contributed by atoms with Crippen molar-refractivity contribution in [2.45, 2.75) is 25.3 Å². The molecule has 40 heavy (non-hydrogen) atoms. The van der Waals surface area contributed by atoms with Crippen molar-refractivity contribution in [3.63, 3.8) is 0 Å². The molecule has 6 rings (SSSR count). The van der Waals surface area contributed by atoms with Crippen LogP contribution in [0.5, 0.6) is 0 Å². The Hall–Kier alpha value is -4.02. The van der Waals surface area contributed by atoms with Crippen molar-refractivity contribution >= 4 is 34.8 Å². The van der Waals surface area contributed by atoms with Crippen LogP contribution >= 0.6 is 0 Å². The van der Waals surface area contributed by atoms with Crippen LogP contribution in [0, 0.1) is 5.92 Å². The number of anilines is 4. The molecular weight excluding hydrogens is 506 g/mol. The van der Waals surface area contributed by atoms with Crippen LogP contribution in [0.3, 0.4) is 0 Å². The van der Waals surface area contributed by atoms with Gasteiger partial charge in [0.05, 0.1) is 24.3 Å². The van der Waals surface area contributed by atoms with E-state index in [-0.39, 0.29) is 23.8 Å². The van der Waals surface area contributed by atoms with E-state index in [1.807, 2.05) is 47.4 Å². The van der Waals surface area contributed by atoms with Gasteiger partial charge in [-0.2, -0.15) is 0 Å². The third-order valence-corrected chi connectivity index (χ3v) is 7.84. The Balaban J connectivity index is 1.03. The molecule has 0 aliphatic carbocycles. The van der Waals surface area contributed by atoms with E-state index in [0.29, 0.717) is 19.2 Å². The smallest absolute Gasteiger partial charge is 0.241 e. The number of amides is 2. The lowest BCUT2D eigenvalue weighted by atomic mass is 10.1. The Bertz CT molecular complexity index is 1310. The third kappa shape index (κ3) is 6.08. The molecule has 4 heterocycles. The van der Waals surface area contributed by atoms with Crippen molar-refractivity contribution in [2.75, 3.05) is 61.5 Å². The van der Waals surface area contributed by atoms with Crippen LogP contribution in [-0.4, -0.2) is 78.7 Å². The lowest BCUT2D eigenvalue weighted by molar-refractivity contribution is -0.135.